The van der Waals surface area contributed by atoms with E-state index in [1.54, 1.807) is 35.8 Å². The fourth-order valence-electron chi connectivity index (χ4n) is 4.11. The number of thioether (sulfide) groups is 1. The van der Waals surface area contributed by atoms with Gasteiger partial charge in [-0.15, -0.1) is 11.8 Å². The Bertz CT molecular complexity index is 1370. The minimum atomic E-state index is -3.87. The standard InChI is InChI=1S/C22H21ClF2N2O6S2/c1-3-31-19(28)11-34-18-6-4-5-16(32-22(24)25)20(18)15-10-17(33-35(2,29)30)21-26-13-8-7-12(23)9-14(13)27(15)21/h4-9,15,17,22H,3,10-11H2,1-2H3/t15-,17+/m1/s1. The van der Waals surface area contributed by atoms with Gasteiger partial charge in [0.25, 0.3) is 10.1 Å². The average Bonchev–Trinajstić information content (AvgIpc) is 3.29. The zero-order valence-electron chi connectivity index (χ0n) is 18.6. The van der Waals surface area contributed by atoms with Crippen LogP contribution in [-0.4, -0.2) is 49.2 Å². The molecule has 2 aromatic carbocycles. The number of halogens is 3. The highest BCUT2D eigenvalue weighted by Crippen LogP contribution is 2.49. The normalized spacial score (nSPS) is 17.7. The molecule has 35 heavy (non-hydrogen) atoms. The minimum Gasteiger partial charge on any atom is -0.465 e. The molecule has 1 aliphatic heterocycles. The summed E-state index contributed by atoms with van der Waals surface area (Å²) in [5, 5.41) is 0.417. The number of carbonyl (C=O) groups excluding carboxylic acids is 1. The smallest absolute Gasteiger partial charge is 0.387 e. The van der Waals surface area contributed by atoms with Crippen molar-refractivity contribution >= 4 is 50.5 Å². The number of carbonyl (C=O) groups is 1. The van der Waals surface area contributed by atoms with Crippen molar-refractivity contribution in [2.24, 2.45) is 0 Å². The van der Waals surface area contributed by atoms with Gasteiger partial charge in [-0.2, -0.15) is 17.2 Å². The SMILES string of the molecule is CCOC(=O)CSc1cccc(OC(F)F)c1[C@H]1C[C@H](OS(C)(=O)=O)c2nc3ccc(Cl)cc3n21. The number of alkyl halides is 2. The van der Waals surface area contributed by atoms with Crippen LogP contribution in [0.3, 0.4) is 0 Å². The van der Waals surface area contributed by atoms with Gasteiger partial charge < -0.3 is 14.0 Å². The molecule has 0 amide bonds. The summed E-state index contributed by atoms with van der Waals surface area (Å²) in [6.07, 6.45) is 0.0382. The van der Waals surface area contributed by atoms with E-state index in [-0.39, 0.29) is 24.5 Å². The number of aromatic nitrogens is 2. The van der Waals surface area contributed by atoms with Crippen molar-refractivity contribution in [3.8, 4) is 5.75 Å². The summed E-state index contributed by atoms with van der Waals surface area (Å²) in [4.78, 5) is 17.0. The van der Waals surface area contributed by atoms with E-state index in [2.05, 4.69) is 4.98 Å². The van der Waals surface area contributed by atoms with Crippen LogP contribution in [0, 0.1) is 0 Å². The van der Waals surface area contributed by atoms with E-state index in [4.69, 9.17) is 25.3 Å². The number of hydrogen-bond donors (Lipinski definition) is 0. The molecule has 0 saturated heterocycles. The third kappa shape index (κ3) is 5.71. The summed E-state index contributed by atoms with van der Waals surface area (Å²) in [5.41, 5.74) is 1.46. The first-order valence-corrected chi connectivity index (χ1v) is 13.7. The zero-order valence-corrected chi connectivity index (χ0v) is 21.0. The summed E-state index contributed by atoms with van der Waals surface area (Å²) in [6, 6.07) is 8.89. The topological polar surface area (TPSA) is 96.7 Å². The van der Waals surface area contributed by atoms with Crippen LogP contribution in [0.25, 0.3) is 11.0 Å². The first-order valence-electron chi connectivity index (χ1n) is 10.5. The summed E-state index contributed by atoms with van der Waals surface area (Å²) in [6.45, 7) is -1.21. The van der Waals surface area contributed by atoms with Gasteiger partial charge >= 0.3 is 12.6 Å². The number of ether oxygens (including phenoxy) is 2. The molecule has 2 atom stereocenters. The van der Waals surface area contributed by atoms with Gasteiger partial charge in [0.05, 0.1) is 35.7 Å². The van der Waals surface area contributed by atoms with Crippen LogP contribution >= 0.6 is 23.4 Å². The first kappa shape index (κ1) is 25.7. The first-order chi connectivity index (χ1) is 16.6. The molecule has 0 radical (unpaired) electrons. The van der Waals surface area contributed by atoms with Crippen LogP contribution < -0.4 is 4.74 Å². The molecule has 1 aliphatic rings. The summed E-state index contributed by atoms with van der Waals surface area (Å²) in [7, 11) is -3.87. The molecule has 0 N–H and O–H groups in total. The number of esters is 1. The number of nitrogens with zero attached hydrogens (tertiary/aromatic N) is 2. The van der Waals surface area contributed by atoms with Gasteiger partial charge in [0.1, 0.15) is 17.7 Å². The number of imidazole rings is 1. The largest absolute Gasteiger partial charge is 0.465 e. The zero-order chi connectivity index (χ0) is 25.3. The molecule has 1 aromatic heterocycles. The van der Waals surface area contributed by atoms with Crippen LogP contribution in [0.4, 0.5) is 8.78 Å². The van der Waals surface area contributed by atoms with Gasteiger partial charge in [0.2, 0.25) is 0 Å². The van der Waals surface area contributed by atoms with Crippen molar-refractivity contribution in [1.29, 1.82) is 0 Å². The molecule has 0 unspecified atom stereocenters. The molecule has 0 fully saturated rings. The predicted molar refractivity (Wildman–Crippen MR) is 127 cm³/mol. The van der Waals surface area contributed by atoms with Crippen molar-refractivity contribution in [3.05, 3.63) is 52.8 Å². The molecule has 188 valence electrons. The molecule has 0 spiro atoms. The van der Waals surface area contributed by atoms with Gasteiger partial charge in [-0.25, -0.2) is 4.98 Å². The lowest BCUT2D eigenvalue weighted by Crippen LogP contribution is -2.13. The second kappa shape index (κ2) is 10.3. The van der Waals surface area contributed by atoms with E-state index >= 15 is 0 Å². The molecule has 13 heteroatoms. The summed E-state index contributed by atoms with van der Waals surface area (Å²) >= 11 is 7.32. The van der Waals surface area contributed by atoms with Crippen LogP contribution in [0.5, 0.6) is 5.75 Å². The van der Waals surface area contributed by atoms with Crippen LogP contribution in [-0.2, 0) is 23.8 Å². The van der Waals surface area contributed by atoms with Crippen molar-refractivity contribution in [3.63, 3.8) is 0 Å². The molecule has 3 aromatic rings. The lowest BCUT2D eigenvalue weighted by Gasteiger charge is -2.22. The number of hydrogen-bond acceptors (Lipinski definition) is 8. The summed E-state index contributed by atoms with van der Waals surface area (Å²) < 4.78 is 67.5. The van der Waals surface area contributed by atoms with Crippen molar-refractivity contribution < 1.29 is 35.6 Å². The number of rotatable bonds is 9. The molecular weight excluding hydrogens is 526 g/mol. The Labute approximate surface area is 209 Å². The van der Waals surface area contributed by atoms with E-state index in [0.29, 0.717) is 32.3 Å². The second-order valence-corrected chi connectivity index (χ2v) is 10.7. The van der Waals surface area contributed by atoms with Crippen molar-refractivity contribution in [2.45, 2.75) is 37.0 Å². The Morgan fingerprint density at radius 2 is 2.09 bits per heavy atom. The predicted octanol–water partition coefficient (Wildman–Crippen LogP) is 4.96. The Morgan fingerprint density at radius 3 is 2.77 bits per heavy atom. The van der Waals surface area contributed by atoms with E-state index < -0.39 is 34.8 Å². The quantitative estimate of drug-likeness (QED) is 0.211. The van der Waals surface area contributed by atoms with Crippen molar-refractivity contribution in [1.82, 2.24) is 9.55 Å². The van der Waals surface area contributed by atoms with Crippen molar-refractivity contribution in [2.75, 3.05) is 18.6 Å². The third-order valence-corrected chi connectivity index (χ3v) is 7.10. The molecule has 0 aliphatic carbocycles. The maximum Gasteiger partial charge on any atom is 0.387 e. The number of benzene rings is 2. The number of fused-ring (bicyclic) bond motifs is 3. The van der Waals surface area contributed by atoms with Crippen LogP contribution in [0.1, 0.15) is 36.9 Å². The molecule has 8 nitrogen and oxygen atoms in total. The highest BCUT2D eigenvalue weighted by molar-refractivity contribution is 8.00. The maximum absolute atomic E-state index is 13.3. The highest BCUT2D eigenvalue weighted by atomic mass is 35.5. The lowest BCUT2D eigenvalue weighted by molar-refractivity contribution is -0.139. The van der Waals surface area contributed by atoms with Gasteiger partial charge in [-0.1, -0.05) is 17.7 Å². The Balaban J connectivity index is 1.87. The molecular formula is C22H21ClF2N2O6S2. The fraction of sp³-hybridized carbons (Fsp3) is 0.364. The second-order valence-electron chi connectivity index (χ2n) is 7.65. The fourth-order valence-corrected chi connectivity index (χ4v) is 5.79. The lowest BCUT2D eigenvalue weighted by atomic mass is 10.0. The Hall–Kier alpha value is -2.41. The van der Waals surface area contributed by atoms with Crippen LogP contribution in [0.2, 0.25) is 5.02 Å². The minimum absolute atomic E-state index is 0.0572. The monoisotopic (exact) mass is 546 g/mol. The maximum atomic E-state index is 13.3. The molecule has 2 heterocycles. The van der Waals surface area contributed by atoms with E-state index in [1.807, 2.05) is 0 Å². The van der Waals surface area contributed by atoms with Gasteiger partial charge in [-0.3, -0.25) is 8.98 Å². The Kier molecular flexibility index (Phi) is 7.55. The van der Waals surface area contributed by atoms with Gasteiger partial charge in [-0.05, 0) is 37.3 Å². The molecule has 4 rings (SSSR count). The summed E-state index contributed by atoms with van der Waals surface area (Å²) in [5.74, 6) is -0.313. The highest BCUT2D eigenvalue weighted by Gasteiger charge is 2.40. The third-order valence-electron chi connectivity index (χ3n) is 5.23. The molecule has 0 saturated carbocycles. The Morgan fingerprint density at radius 1 is 1.31 bits per heavy atom. The molecule has 0 bridgehead atoms. The van der Waals surface area contributed by atoms with Gasteiger partial charge in [0.15, 0.2) is 0 Å². The average molecular weight is 547 g/mol. The van der Waals surface area contributed by atoms with Gasteiger partial charge in [0, 0.05) is 21.9 Å². The van der Waals surface area contributed by atoms with E-state index in [9.17, 15) is 22.0 Å². The van der Waals surface area contributed by atoms with Crippen LogP contribution in [0.15, 0.2) is 41.3 Å². The van der Waals surface area contributed by atoms with E-state index in [0.717, 1.165) is 18.0 Å². The van der Waals surface area contributed by atoms with E-state index in [1.165, 1.54) is 12.1 Å².